The molecule has 1 aromatic carbocycles. The zero-order valence-corrected chi connectivity index (χ0v) is 10.2. The number of aromatic hydroxyl groups is 1. The second-order valence-electron chi connectivity index (χ2n) is 5.51. The van der Waals surface area contributed by atoms with E-state index in [-0.39, 0.29) is 22.6 Å². The molecule has 0 radical (unpaired) electrons. The quantitative estimate of drug-likeness (QED) is 0.824. The molecular formula is C14H18O3. The summed E-state index contributed by atoms with van der Waals surface area (Å²) in [6.45, 7) is 4.36. The average molecular weight is 234 g/mol. The van der Waals surface area contributed by atoms with Crippen LogP contribution < -0.4 is 0 Å². The topological polar surface area (TPSA) is 57.5 Å². The third-order valence-electron chi connectivity index (χ3n) is 3.91. The maximum atomic E-state index is 11.0. The number of carboxylic acid groups (broad SMARTS) is 1. The molecule has 0 amide bonds. The third-order valence-corrected chi connectivity index (χ3v) is 3.91. The van der Waals surface area contributed by atoms with E-state index in [2.05, 4.69) is 13.8 Å². The molecule has 0 unspecified atom stereocenters. The number of carboxylic acids is 1. The third kappa shape index (κ3) is 2.14. The molecule has 1 aliphatic rings. The van der Waals surface area contributed by atoms with E-state index in [1.165, 1.54) is 12.1 Å². The smallest absolute Gasteiger partial charge is 0.335 e. The van der Waals surface area contributed by atoms with Crippen LogP contribution in [0.4, 0.5) is 0 Å². The first-order valence-corrected chi connectivity index (χ1v) is 5.98. The van der Waals surface area contributed by atoms with Crippen LogP contribution in [0.5, 0.6) is 5.75 Å². The monoisotopic (exact) mass is 234 g/mol. The number of rotatable bonds is 2. The van der Waals surface area contributed by atoms with Crippen LogP contribution in [-0.2, 0) is 0 Å². The minimum absolute atomic E-state index is 0.134. The van der Waals surface area contributed by atoms with Crippen LogP contribution in [0, 0.1) is 5.41 Å². The van der Waals surface area contributed by atoms with Gasteiger partial charge in [0.2, 0.25) is 0 Å². The lowest BCUT2D eigenvalue weighted by Gasteiger charge is -2.28. The second kappa shape index (κ2) is 4.06. The number of hydrogen-bond acceptors (Lipinski definition) is 2. The molecule has 3 heteroatoms. The molecule has 0 aliphatic heterocycles. The second-order valence-corrected chi connectivity index (χ2v) is 5.51. The Morgan fingerprint density at radius 2 is 2.12 bits per heavy atom. The van der Waals surface area contributed by atoms with Gasteiger partial charge in [0, 0.05) is 0 Å². The lowest BCUT2D eigenvalue weighted by atomic mass is 9.77. The van der Waals surface area contributed by atoms with Crippen molar-refractivity contribution in [2.24, 2.45) is 5.41 Å². The van der Waals surface area contributed by atoms with Gasteiger partial charge in [0.05, 0.1) is 5.56 Å². The molecule has 2 rings (SSSR count). The van der Waals surface area contributed by atoms with Crippen molar-refractivity contribution < 1.29 is 15.0 Å². The Bertz CT molecular complexity index is 449. The van der Waals surface area contributed by atoms with E-state index >= 15 is 0 Å². The van der Waals surface area contributed by atoms with Crippen LogP contribution in [-0.4, -0.2) is 16.2 Å². The van der Waals surface area contributed by atoms with Gasteiger partial charge in [0.15, 0.2) is 0 Å². The van der Waals surface area contributed by atoms with E-state index in [9.17, 15) is 9.90 Å². The summed E-state index contributed by atoms with van der Waals surface area (Å²) >= 11 is 0. The predicted octanol–water partition coefficient (Wildman–Crippen LogP) is 3.38. The first-order valence-electron chi connectivity index (χ1n) is 5.98. The van der Waals surface area contributed by atoms with Crippen LogP contribution in [0.2, 0.25) is 0 Å². The average Bonchev–Trinajstić information content (AvgIpc) is 2.58. The maximum absolute atomic E-state index is 11.0. The van der Waals surface area contributed by atoms with Gasteiger partial charge in [0.1, 0.15) is 5.75 Å². The van der Waals surface area contributed by atoms with E-state index in [1.807, 2.05) is 0 Å². The molecule has 2 N–H and O–H groups in total. The van der Waals surface area contributed by atoms with Crippen molar-refractivity contribution in [3.63, 3.8) is 0 Å². The first kappa shape index (κ1) is 12.0. The number of benzene rings is 1. The van der Waals surface area contributed by atoms with Gasteiger partial charge in [-0.05, 0) is 47.9 Å². The van der Waals surface area contributed by atoms with Crippen LogP contribution in [0.25, 0.3) is 0 Å². The molecule has 0 aromatic heterocycles. The van der Waals surface area contributed by atoms with E-state index < -0.39 is 5.97 Å². The standard InChI is InChI=1S/C14H18O3/c1-14(2)7-3-4-11(14)10-8-9(13(16)17)5-6-12(10)15/h5-6,8,11,15H,3-4,7H2,1-2H3,(H,16,17)/t11-/m0/s1. The Balaban J connectivity index is 2.44. The summed E-state index contributed by atoms with van der Waals surface area (Å²) in [5.41, 5.74) is 1.17. The summed E-state index contributed by atoms with van der Waals surface area (Å²) in [7, 11) is 0. The molecular weight excluding hydrogens is 216 g/mol. The number of hydrogen-bond donors (Lipinski definition) is 2. The minimum atomic E-state index is -0.943. The van der Waals surface area contributed by atoms with E-state index in [0.29, 0.717) is 0 Å². The molecule has 1 fully saturated rings. The highest BCUT2D eigenvalue weighted by Gasteiger charge is 2.36. The lowest BCUT2D eigenvalue weighted by Crippen LogP contribution is -2.16. The molecule has 1 atom stereocenters. The van der Waals surface area contributed by atoms with Gasteiger partial charge in [-0.15, -0.1) is 0 Å². The molecule has 1 saturated carbocycles. The van der Waals surface area contributed by atoms with Crippen molar-refractivity contribution >= 4 is 5.97 Å². The number of phenols is 1. The van der Waals surface area contributed by atoms with Crippen molar-refractivity contribution in [3.05, 3.63) is 29.3 Å². The van der Waals surface area contributed by atoms with Crippen LogP contribution in [0.15, 0.2) is 18.2 Å². The van der Waals surface area contributed by atoms with Gasteiger partial charge in [-0.1, -0.05) is 20.3 Å². The Hall–Kier alpha value is -1.51. The lowest BCUT2D eigenvalue weighted by molar-refractivity contribution is 0.0696. The summed E-state index contributed by atoms with van der Waals surface area (Å²) in [5.74, 6) is -0.473. The number of carbonyl (C=O) groups is 1. The molecule has 17 heavy (non-hydrogen) atoms. The highest BCUT2D eigenvalue weighted by molar-refractivity contribution is 5.88. The van der Waals surface area contributed by atoms with Gasteiger partial charge >= 0.3 is 5.97 Å². The first-order chi connectivity index (χ1) is 7.92. The van der Waals surface area contributed by atoms with Crippen LogP contribution in [0.1, 0.15) is 54.9 Å². The SMILES string of the molecule is CC1(C)CCC[C@H]1c1cc(C(=O)O)ccc1O. The van der Waals surface area contributed by atoms with Crippen molar-refractivity contribution in [3.8, 4) is 5.75 Å². The summed E-state index contributed by atoms with van der Waals surface area (Å²) in [6, 6.07) is 4.56. The Kier molecular flexibility index (Phi) is 2.86. The van der Waals surface area contributed by atoms with Gasteiger partial charge in [0.25, 0.3) is 0 Å². The van der Waals surface area contributed by atoms with E-state index in [4.69, 9.17) is 5.11 Å². The van der Waals surface area contributed by atoms with Gasteiger partial charge < -0.3 is 10.2 Å². The Morgan fingerprint density at radius 1 is 1.41 bits per heavy atom. The van der Waals surface area contributed by atoms with Crippen molar-refractivity contribution in [1.29, 1.82) is 0 Å². The summed E-state index contributed by atoms with van der Waals surface area (Å²) in [4.78, 5) is 11.0. The summed E-state index contributed by atoms with van der Waals surface area (Å²) in [6.07, 6.45) is 3.27. The molecule has 0 heterocycles. The molecule has 0 spiro atoms. The summed E-state index contributed by atoms with van der Waals surface area (Å²) in [5, 5.41) is 18.9. The molecule has 3 nitrogen and oxygen atoms in total. The van der Waals surface area contributed by atoms with Crippen LogP contribution >= 0.6 is 0 Å². The van der Waals surface area contributed by atoms with Gasteiger partial charge in [-0.25, -0.2) is 4.79 Å². The fraction of sp³-hybridized carbons (Fsp3) is 0.500. The normalized spacial score (nSPS) is 22.6. The molecule has 0 bridgehead atoms. The molecule has 0 saturated heterocycles. The number of phenolic OH excluding ortho intramolecular Hbond substituents is 1. The molecule has 92 valence electrons. The fourth-order valence-corrected chi connectivity index (χ4v) is 2.87. The maximum Gasteiger partial charge on any atom is 0.335 e. The van der Waals surface area contributed by atoms with E-state index in [1.54, 1.807) is 6.07 Å². The van der Waals surface area contributed by atoms with Gasteiger partial charge in [-0.3, -0.25) is 0 Å². The number of aromatic carboxylic acids is 1. The summed E-state index contributed by atoms with van der Waals surface area (Å²) < 4.78 is 0. The zero-order chi connectivity index (χ0) is 12.6. The Morgan fingerprint density at radius 3 is 2.65 bits per heavy atom. The van der Waals surface area contributed by atoms with E-state index in [0.717, 1.165) is 24.8 Å². The zero-order valence-electron chi connectivity index (χ0n) is 10.2. The highest BCUT2D eigenvalue weighted by Crippen LogP contribution is 2.50. The fourth-order valence-electron chi connectivity index (χ4n) is 2.87. The minimum Gasteiger partial charge on any atom is -0.508 e. The van der Waals surface area contributed by atoms with Crippen molar-refractivity contribution in [1.82, 2.24) is 0 Å². The highest BCUT2D eigenvalue weighted by atomic mass is 16.4. The van der Waals surface area contributed by atoms with Crippen molar-refractivity contribution in [2.75, 3.05) is 0 Å². The molecule has 1 aliphatic carbocycles. The van der Waals surface area contributed by atoms with Gasteiger partial charge in [-0.2, -0.15) is 0 Å². The van der Waals surface area contributed by atoms with Crippen molar-refractivity contribution in [2.45, 2.75) is 39.0 Å². The van der Waals surface area contributed by atoms with Crippen LogP contribution in [0.3, 0.4) is 0 Å². The Labute approximate surface area is 101 Å². The largest absolute Gasteiger partial charge is 0.508 e. The molecule has 1 aromatic rings. The predicted molar refractivity (Wildman–Crippen MR) is 65.4 cm³/mol.